The second-order valence-corrected chi connectivity index (χ2v) is 7.82. The van der Waals surface area contributed by atoms with Crippen molar-refractivity contribution in [3.05, 3.63) is 42.2 Å². The van der Waals surface area contributed by atoms with Crippen LogP contribution in [0.4, 0.5) is 17.3 Å². The molecule has 0 radical (unpaired) electrons. The Morgan fingerprint density at radius 2 is 1.94 bits per heavy atom. The summed E-state index contributed by atoms with van der Waals surface area (Å²) in [4.78, 5) is 37.3. The molecule has 2 fully saturated rings. The van der Waals surface area contributed by atoms with Crippen molar-refractivity contribution in [3.63, 3.8) is 0 Å². The van der Waals surface area contributed by atoms with E-state index in [1.54, 1.807) is 4.90 Å². The highest BCUT2D eigenvalue weighted by Gasteiger charge is 2.34. The smallest absolute Gasteiger partial charge is 0.227 e. The van der Waals surface area contributed by atoms with Gasteiger partial charge in [0.2, 0.25) is 11.8 Å². The zero-order valence-electron chi connectivity index (χ0n) is 17.7. The number of hydrogen-bond acceptors (Lipinski definition) is 7. The molecule has 1 aromatic heterocycles. The lowest BCUT2D eigenvalue weighted by Crippen LogP contribution is -2.37. The largest absolute Gasteiger partial charge is 0.378 e. The Hall–Kier alpha value is -3.20. The number of hydrogen-bond donors (Lipinski definition) is 2. The molecule has 2 N–H and O–H groups in total. The van der Waals surface area contributed by atoms with Crippen LogP contribution in [0.2, 0.25) is 0 Å². The second kappa shape index (κ2) is 9.74. The van der Waals surface area contributed by atoms with E-state index in [0.717, 1.165) is 30.2 Å². The third kappa shape index (κ3) is 5.29. The fraction of sp³-hybridized carbons (Fsp3) is 0.455. The molecule has 9 heteroatoms. The van der Waals surface area contributed by atoms with Crippen molar-refractivity contribution in [1.82, 2.24) is 15.3 Å². The molecule has 2 amide bonds. The van der Waals surface area contributed by atoms with E-state index in [4.69, 9.17) is 4.74 Å². The number of aromatic nitrogens is 2. The van der Waals surface area contributed by atoms with Crippen LogP contribution in [0.25, 0.3) is 0 Å². The predicted molar refractivity (Wildman–Crippen MR) is 118 cm³/mol. The Bertz CT molecular complexity index is 914. The number of nitrogens with one attached hydrogen (secondary N) is 2. The van der Waals surface area contributed by atoms with Crippen LogP contribution in [0.1, 0.15) is 12.0 Å². The van der Waals surface area contributed by atoms with Crippen LogP contribution in [-0.2, 0) is 14.3 Å². The monoisotopic (exact) mass is 424 g/mol. The summed E-state index contributed by atoms with van der Waals surface area (Å²) in [6.07, 6.45) is 1.78. The summed E-state index contributed by atoms with van der Waals surface area (Å²) >= 11 is 0. The topological polar surface area (TPSA) is 99.7 Å². The molecule has 3 heterocycles. The van der Waals surface area contributed by atoms with Crippen molar-refractivity contribution >= 4 is 29.1 Å². The van der Waals surface area contributed by atoms with Gasteiger partial charge in [0.15, 0.2) is 0 Å². The Labute approximate surface area is 181 Å². The highest BCUT2D eigenvalue weighted by molar-refractivity contribution is 6.00. The number of aryl methyl sites for hydroxylation is 1. The molecular weight excluding hydrogens is 396 g/mol. The van der Waals surface area contributed by atoms with Crippen LogP contribution >= 0.6 is 0 Å². The fourth-order valence-electron chi connectivity index (χ4n) is 3.79. The molecule has 0 bridgehead atoms. The summed E-state index contributed by atoms with van der Waals surface area (Å²) in [5.74, 6) is 1.14. The summed E-state index contributed by atoms with van der Waals surface area (Å²) in [6.45, 7) is 6.42. The molecular formula is C22H28N6O3. The summed E-state index contributed by atoms with van der Waals surface area (Å²) in [5.41, 5.74) is 1.98. The molecule has 1 aromatic carbocycles. The van der Waals surface area contributed by atoms with Gasteiger partial charge in [0.25, 0.3) is 0 Å². The minimum absolute atomic E-state index is 0.0150. The van der Waals surface area contributed by atoms with E-state index in [-0.39, 0.29) is 24.2 Å². The number of rotatable bonds is 7. The average molecular weight is 425 g/mol. The quantitative estimate of drug-likeness (QED) is 0.645. The zero-order valence-corrected chi connectivity index (χ0v) is 17.7. The van der Waals surface area contributed by atoms with Crippen LogP contribution in [0.3, 0.4) is 0 Å². The van der Waals surface area contributed by atoms with Crippen molar-refractivity contribution < 1.29 is 14.3 Å². The first-order valence-corrected chi connectivity index (χ1v) is 10.6. The first kappa shape index (κ1) is 21.0. The van der Waals surface area contributed by atoms with E-state index in [1.807, 2.05) is 37.3 Å². The summed E-state index contributed by atoms with van der Waals surface area (Å²) in [6, 6.07) is 9.69. The van der Waals surface area contributed by atoms with Gasteiger partial charge in [0, 0.05) is 50.9 Å². The SMILES string of the molecule is Cc1ccc(N2CC(C(=O)NCCNc3cc(N4CCOCC4)ncn3)CC2=O)cc1. The van der Waals surface area contributed by atoms with Gasteiger partial charge in [-0.1, -0.05) is 17.7 Å². The lowest BCUT2D eigenvalue weighted by atomic mass is 10.1. The van der Waals surface area contributed by atoms with Gasteiger partial charge in [-0.3, -0.25) is 9.59 Å². The van der Waals surface area contributed by atoms with Crippen molar-refractivity contribution in [3.8, 4) is 0 Å². The minimum atomic E-state index is -0.333. The number of carbonyl (C=O) groups excluding carboxylic acids is 2. The van der Waals surface area contributed by atoms with Gasteiger partial charge in [-0.25, -0.2) is 9.97 Å². The molecule has 1 atom stereocenters. The van der Waals surface area contributed by atoms with Gasteiger partial charge in [0.1, 0.15) is 18.0 Å². The molecule has 2 aromatic rings. The number of benzene rings is 1. The molecule has 4 rings (SSSR count). The standard InChI is InChI=1S/C22H28N6O3/c1-16-2-4-18(5-3-16)28-14-17(12-21(28)29)22(30)24-7-6-23-19-13-20(26-15-25-19)27-8-10-31-11-9-27/h2-5,13,15,17H,6-12,14H2,1H3,(H,24,30)(H,23,25,26). The zero-order chi connectivity index (χ0) is 21.6. The van der Waals surface area contributed by atoms with Gasteiger partial charge in [-0.2, -0.15) is 0 Å². The van der Waals surface area contributed by atoms with Crippen molar-refractivity contribution in [2.45, 2.75) is 13.3 Å². The van der Waals surface area contributed by atoms with E-state index >= 15 is 0 Å². The van der Waals surface area contributed by atoms with Crippen LogP contribution in [0.5, 0.6) is 0 Å². The summed E-state index contributed by atoms with van der Waals surface area (Å²) in [7, 11) is 0. The van der Waals surface area contributed by atoms with E-state index in [9.17, 15) is 9.59 Å². The number of ether oxygens (including phenoxy) is 1. The number of morpholine rings is 1. The Morgan fingerprint density at radius 3 is 2.71 bits per heavy atom. The molecule has 2 aliphatic rings. The third-order valence-corrected chi connectivity index (χ3v) is 5.56. The number of amides is 2. The van der Waals surface area contributed by atoms with Crippen molar-refractivity contribution in [1.29, 1.82) is 0 Å². The maximum atomic E-state index is 12.5. The van der Waals surface area contributed by atoms with Gasteiger partial charge in [0.05, 0.1) is 19.1 Å². The molecule has 1 unspecified atom stereocenters. The molecule has 2 saturated heterocycles. The molecule has 2 aliphatic heterocycles. The third-order valence-electron chi connectivity index (χ3n) is 5.56. The first-order valence-electron chi connectivity index (χ1n) is 10.6. The highest BCUT2D eigenvalue weighted by atomic mass is 16.5. The molecule has 31 heavy (non-hydrogen) atoms. The highest BCUT2D eigenvalue weighted by Crippen LogP contribution is 2.25. The molecule has 0 spiro atoms. The molecule has 0 aliphatic carbocycles. The lowest BCUT2D eigenvalue weighted by Gasteiger charge is -2.27. The van der Waals surface area contributed by atoms with Crippen LogP contribution < -0.4 is 20.4 Å². The van der Waals surface area contributed by atoms with Crippen LogP contribution in [0.15, 0.2) is 36.7 Å². The van der Waals surface area contributed by atoms with E-state index < -0.39 is 0 Å². The maximum Gasteiger partial charge on any atom is 0.227 e. The lowest BCUT2D eigenvalue weighted by molar-refractivity contribution is -0.126. The van der Waals surface area contributed by atoms with E-state index in [1.165, 1.54) is 6.33 Å². The number of nitrogens with zero attached hydrogens (tertiary/aromatic N) is 4. The number of carbonyl (C=O) groups is 2. The molecule has 9 nitrogen and oxygen atoms in total. The maximum absolute atomic E-state index is 12.5. The Balaban J connectivity index is 1.23. The minimum Gasteiger partial charge on any atom is -0.378 e. The van der Waals surface area contributed by atoms with E-state index in [2.05, 4.69) is 25.5 Å². The van der Waals surface area contributed by atoms with Gasteiger partial charge >= 0.3 is 0 Å². The van der Waals surface area contributed by atoms with Crippen molar-refractivity contribution in [2.24, 2.45) is 5.92 Å². The average Bonchev–Trinajstić information content (AvgIpc) is 3.19. The van der Waals surface area contributed by atoms with Gasteiger partial charge < -0.3 is 25.2 Å². The summed E-state index contributed by atoms with van der Waals surface area (Å²) < 4.78 is 5.37. The van der Waals surface area contributed by atoms with Crippen LogP contribution in [0, 0.1) is 12.8 Å². The van der Waals surface area contributed by atoms with Crippen molar-refractivity contribution in [2.75, 3.05) is 61.1 Å². The molecule has 164 valence electrons. The fourth-order valence-corrected chi connectivity index (χ4v) is 3.79. The Kier molecular flexibility index (Phi) is 6.61. The predicted octanol–water partition coefficient (Wildman–Crippen LogP) is 1.20. The number of anilines is 3. The Morgan fingerprint density at radius 1 is 1.16 bits per heavy atom. The van der Waals surface area contributed by atoms with Crippen LogP contribution in [-0.4, -0.2) is 67.7 Å². The summed E-state index contributed by atoms with van der Waals surface area (Å²) in [5, 5.41) is 6.14. The normalized spacial score (nSPS) is 18.9. The first-order chi connectivity index (χ1) is 15.1. The van der Waals surface area contributed by atoms with E-state index in [0.29, 0.717) is 38.7 Å². The van der Waals surface area contributed by atoms with Gasteiger partial charge in [-0.15, -0.1) is 0 Å². The second-order valence-electron chi connectivity index (χ2n) is 7.82. The van der Waals surface area contributed by atoms with Gasteiger partial charge in [-0.05, 0) is 19.1 Å². The molecule has 0 saturated carbocycles.